The number of benzene rings is 1. The summed E-state index contributed by atoms with van der Waals surface area (Å²) < 4.78 is 1.42. The van der Waals surface area contributed by atoms with Crippen molar-refractivity contribution in [2.45, 2.75) is 19.9 Å². The molecule has 0 radical (unpaired) electrons. The Kier molecular flexibility index (Phi) is 5.06. The fraction of sp³-hybridized carbons (Fsp3) is 0.333. The first kappa shape index (κ1) is 18.2. The second-order valence-electron chi connectivity index (χ2n) is 6.95. The molecule has 0 aliphatic carbocycles. The highest BCUT2D eigenvalue weighted by molar-refractivity contribution is 6.04. The van der Waals surface area contributed by atoms with Crippen LogP contribution in [0.1, 0.15) is 23.8 Å². The van der Waals surface area contributed by atoms with Gasteiger partial charge in [0.25, 0.3) is 17.3 Å². The van der Waals surface area contributed by atoms with Crippen LogP contribution in [0.5, 0.6) is 0 Å². The molecule has 4 rings (SSSR count). The molecule has 3 aromatic rings. The molecule has 1 N–H and O–H groups in total. The Hall–Kier alpha value is -3.22. The number of rotatable bonds is 4. The van der Waals surface area contributed by atoms with Crippen LogP contribution in [-0.2, 0) is 6.54 Å². The van der Waals surface area contributed by atoms with Crippen molar-refractivity contribution >= 4 is 22.5 Å². The van der Waals surface area contributed by atoms with Crippen LogP contribution in [0.3, 0.4) is 0 Å². The molecular formula is C21H24N5O2+. The highest BCUT2D eigenvalue weighted by Crippen LogP contribution is 2.17. The molecule has 0 spiro atoms. The average molecular weight is 378 g/mol. The van der Waals surface area contributed by atoms with Crippen molar-refractivity contribution in [1.29, 1.82) is 0 Å². The predicted molar refractivity (Wildman–Crippen MR) is 107 cm³/mol. The summed E-state index contributed by atoms with van der Waals surface area (Å²) in [6.07, 6.45) is 2.69. The van der Waals surface area contributed by atoms with E-state index in [-0.39, 0.29) is 11.5 Å². The van der Waals surface area contributed by atoms with E-state index in [0.717, 1.165) is 25.3 Å². The zero-order valence-electron chi connectivity index (χ0n) is 16.0. The number of aromatic amines is 1. The summed E-state index contributed by atoms with van der Waals surface area (Å²) in [5, 5.41) is 5.61. The van der Waals surface area contributed by atoms with Crippen molar-refractivity contribution in [2.75, 3.05) is 31.1 Å². The monoisotopic (exact) mass is 378 g/mol. The van der Waals surface area contributed by atoms with E-state index in [1.54, 1.807) is 6.07 Å². The van der Waals surface area contributed by atoms with E-state index in [1.165, 1.54) is 4.68 Å². The smallest absolute Gasteiger partial charge is 0.275 e. The fourth-order valence-corrected chi connectivity index (χ4v) is 3.64. The Morgan fingerprint density at radius 2 is 1.75 bits per heavy atom. The molecule has 1 fully saturated rings. The van der Waals surface area contributed by atoms with Gasteiger partial charge in [-0.1, -0.05) is 31.2 Å². The van der Waals surface area contributed by atoms with Crippen LogP contribution in [0.4, 0.5) is 5.82 Å². The van der Waals surface area contributed by atoms with Crippen LogP contribution >= 0.6 is 0 Å². The number of aromatic nitrogens is 3. The molecule has 2 aromatic heterocycles. The average Bonchev–Trinajstić information content (AvgIpc) is 2.76. The van der Waals surface area contributed by atoms with E-state index < -0.39 is 0 Å². The lowest BCUT2D eigenvalue weighted by molar-refractivity contribution is -0.364. The zero-order valence-corrected chi connectivity index (χ0v) is 16.0. The van der Waals surface area contributed by atoms with Gasteiger partial charge in [0.15, 0.2) is 5.69 Å². The Morgan fingerprint density at radius 3 is 2.43 bits per heavy atom. The maximum atomic E-state index is 13.2. The van der Waals surface area contributed by atoms with Crippen LogP contribution in [0.25, 0.3) is 10.8 Å². The number of hydrogen-bond donors (Lipinski definition) is 0. The topological polar surface area (TPSA) is 72.6 Å². The van der Waals surface area contributed by atoms with E-state index in [9.17, 15) is 9.59 Å². The van der Waals surface area contributed by atoms with Gasteiger partial charge in [-0.05, 0) is 18.6 Å². The van der Waals surface area contributed by atoms with Gasteiger partial charge in [0, 0.05) is 18.0 Å². The summed E-state index contributed by atoms with van der Waals surface area (Å²) >= 11 is 0. The van der Waals surface area contributed by atoms with Crippen LogP contribution in [0.15, 0.2) is 53.5 Å². The molecule has 3 heterocycles. The second-order valence-corrected chi connectivity index (χ2v) is 6.95. The summed E-state index contributed by atoms with van der Waals surface area (Å²) in [5.41, 5.74) is 0.224. The van der Waals surface area contributed by atoms with E-state index in [1.807, 2.05) is 54.4 Å². The van der Waals surface area contributed by atoms with E-state index in [0.29, 0.717) is 36.1 Å². The number of anilines is 1. The minimum Gasteiger partial charge on any atom is -0.329 e. The summed E-state index contributed by atoms with van der Waals surface area (Å²) in [6.45, 7) is 5.22. The minimum atomic E-state index is -0.140. The standard InChI is InChI=1S/C21H23N5O2/c1-2-11-26-20(27)17-8-4-3-7-16(17)19(23-26)21(28)25-14-12-24(13-15-25)18-9-5-6-10-22-18/h3-10H,2,11-15H2,1H3/p+1. The van der Waals surface area contributed by atoms with E-state index in [2.05, 4.69) is 15.0 Å². The van der Waals surface area contributed by atoms with E-state index in [4.69, 9.17) is 0 Å². The van der Waals surface area contributed by atoms with Gasteiger partial charge in [0.05, 0.1) is 24.7 Å². The number of amides is 1. The van der Waals surface area contributed by atoms with Gasteiger partial charge in [-0.2, -0.15) is 5.10 Å². The third kappa shape index (κ3) is 3.35. The first-order valence-corrected chi connectivity index (χ1v) is 9.70. The highest BCUT2D eigenvalue weighted by Gasteiger charge is 2.29. The molecule has 1 aliphatic rings. The van der Waals surface area contributed by atoms with Gasteiger partial charge in [-0.15, -0.1) is 0 Å². The fourth-order valence-electron chi connectivity index (χ4n) is 3.64. The molecule has 7 nitrogen and oxygen atoms in total. The van der Waals surface area contributed by atoms with Crippen molar-refractivity contribution in [2.24, 2.45) is 0 Å². The molecule has 0 atom stereocenters. The molecule has 0 saturated carbocycles. The predicted octanol–water partition coefficient (Wildman–Crippen LogP) is 1.58. The van der Waals surface area contributed by atoms with Gasteiger partial charge in [0.1, 0.15) is 13.1 Å². The van der Waals surface area contributed by atoms with Crippen LogP contribution in [0, 0.1) is 0 Å². The third-order valence-corrected chi connectivity index (χ3v) is 5.11. The van der Waals surface area contributed by atoms with Crippen molar-refractivity contribution in [1.82, 2.24) is 14.7 Å². The Morgan fingerprint density at radius 1 is 1.04 bits per heavy atom. The zero-order chi connectivity index (χ0) is 19.5. The number of piperazine rings is 1. The SMILES string of the molecule is CCCn1nc(C(=O)N2CCN(c3cccc[nH+]3)CC2)c2ccccc2c1=O. The normalized spacial score (nSPS) is 14.5. The van der Waals surface area contributed by atoms with Crippen LogP contribution in [-0.4, -0.2) is 46.8 Å². The number of fused-ring (bicyclic) bond motifs is 1. The molecule has 1 aromatic carbocycles. The number of carbonyl (C=O) groups excluding carboxylic acids is 1. The first-order valence-electron chi connectivity index (χ1n) is 9.70. The number of carbonyl (C=O) groups is 1. The number of aryl methyl sites for hydroxylation is 1. The second kappa shape index (κ2) is 7.80. The maximum absolute atomic E-state index is 13.2. The van der Waals surface area contributed by atoms with Gasteiger partial charge in [-0.25, -0.2) is 9.67 Å². The summed E-state index contributed by atoms with van der Waals surface area (Å²) in [5.74, 6) is 0.937. The van der Waals surface area contributed by atoms with E-state index >= 15 is 0 Å². The lowest BCUT2D eigenvalue weighted by atomic mass is 10.1. The molecule has 1 saturated heterocycles. The number of pyridine rings is 1. The third-order valence-electron chi connectivity index (χ3n) is 5.11. The summed E-state index contributed by atoms with van der Waals surface area (Å²) in [6, 6.07) is 13.2. The van der Waals surface area contributed by atoms with Gasteiger partial charge in [0.2, 0.25) is 0 Å². The van der Waals surface area contributed by atoms with Crippen molar-refractivity contribution < 1.29 is 9.78 Å². The number of hydrogen-bond acceptors (Lipinski definition) is 4. The molecule has 7 heteroatoms. The minimum absolute atomic E-state index is 0.113. The van der Waals surface area contributed by atoms with Crippen LogP contribution in [0.2, 0.25) is 0 Å². The molecule has 28 heavy (non-hydrogen) atoms. The first-order chi connectivity index (χ1) is 13.7. The van der Waals surface area contributed by atoms with Crippen LogP contribution < -0.4 is 15.4 Å². The van der Waals surface area contributed by atoms with Gasteiger partial charge in [-0.3, -0.25) is 14.5 Å². The summed E-state index contributed by atoms with van der Waals surface area (Å²) in [4.78, 5) is 33.2. The molecule has 1 aliphatic heterocycles. The lowest BCUT2D eigenvalue weighted by Gasteiger charge is -2.31. The van der Waals surface area contributed by atoms with Crippen molar-refractivity contribution in [3.05, 3.63) is 64.7 Å². The van der Waals surface area contributed by atoms with Crippen molar-refractivity contribution in [3.63, 3.8) is 0 Å². The Balaban J connectivity index is 1.61. The number of nitrogens with zero attached hydrogens (tertiary/aromatic N) is 4. The number of H-pyrrole nitrogens is 1. The lowest BCUT2D eigenvalue weighted by Crippen LogP contribution is -2.50. The number of nitrogens with one attached hydrogen (secondary N) is 1. The highest BCUT2D eigenvalue weighted by atomic mass is 16.2. The Labute approximate surface area is 163 Å². The maximum Gasteiger partial charge on any atom is 0.275 e. The quantitative estimate of drug-likeness (QED) is 0.691. The van der Waals surface area contributed by atoms with Gasteiger partial charge >= 0.3 is 0 Å². The largest absolute Gasteiger partial charge is 0.329 e. The molecule has 0 unspecified atom stereocenters. The Bertz CT molecular complexity index is 1040. The van der Waals surface area contributed by atoms with Crippen molar-refractivity contribution in [3.8, 4) is 0 Å². The molecule has 1 amide bonds. The molecule has 0 bridgehead atoms. The summed E-state index contributed by atoms with van der Waals surface area (Å²) in [7, 11) is 0. The molecular weight excluding hydrogens is 354 g/mol. The van der Waals surface area contributed by atoms with Gasteiger partial charge < -0.3 is 4.90 Å². The molecule has 144 valence electrons.